The van der Waals surface area contributed by atoms with E-state index in [-0.39, 0.29) is 9.39 Å². The average molecular weight is 350 g/mol. The first-order valence-electron chi connectivity index (χ1n) is 6.03. The van der Waals surface area contributed by atoms with Crippen molar-refractivity contribution >= 4 is 34.5 Å². The molecule has 3 rings (SSSR count). The predicted octanol–water partition coefficient (Wildman–Crippen LogP) is 1.98. The van der Waals surface area contributed by atoms with Gasteiger partial charge in [-0.1, -0.05) is 29.0 Å². The number of hydrogen-bond acceptors (Lipinski definition) is 4. The summed E-state index contributed by atoms with van der Waals surface area (Å²) < 4.78 is 10.1. The van der Waals surface area contributed by atoms with Crippen LogP contribution in [0, 0.1) is 5.41 Å². The van der Waals surface area contributed by atoms with E-state index in [1.807, 2.05) is 0 Å². The molecule has 2 saturated carbocycles. The summed E-state index contributed by atoms with van der Waals surface area (Å²) in [5, 5.41) is 0. The fourth-order valence-corrected chi connectivity index (χ4v) is 5.23. The average Bonchev–Trinajstić information content (AvgIpc) is 2.95. The van der Waals surface area contributed by atoms with Crippen molar-refractivity contribution in [2.24, 2.45) is 5.41 Å². The smallest absolute Gasteiger partial charge is 0.325 e. The maximum absolute atomic E-state index is 12.1. The number of esters is 2. The molecule has 2 atom stereocenters. The molecule has 0 unspecified atom stereocenters. The van der Waals surface area contributed by atoms with E-state index >= 15 is 0 Å². The zero-order chi connectivity index (χ0) is 12.3. The van der Waals surface area contributed by atoms with Gasteiger partial charge in [-0.05, 0) is 32.1 Å². The molecule has 4 nitrogen and oxygen atoms in total. The molecule has 0 N–H and O–H groups in total. The van der Waals surface area contributed by atoms with Gasteiger partial charge in [0.05, 0.1) is 10.5 Å². The van der Waals surface area contributed by atoms with E-state index in [0.29, 0.717) is 6.42 Å². The van der Waals surface area contributed by atoms with Crippen LogP contribution < -0.4 is 0 Å². The largest absolute Gasteiger partial charge is 0.468 e. The third kappa shape index (κ3) is 1.14. The second-order valence-corrected chi connectivity index (χ2v) is 7.16. The molecular formula is C12H15IO4. The van der Waals surface area contributed by atoms with E-state index < -0.39 is 17.0 Å². The van der Waals surface area contributed by atoms with Gasteiger partial charge in [-0.2, -0.15) is 0 Å². The summed E-state index contributed by atoms with van der Waals surface area (Å²) in [5.41, 5.74) is -1.41. The molecule has 0 amide bonds. The van der Waals surface area contributed by atoms with Crippen LogP contribution in [0.5, 0.6) is 0 Å². The molecule has 0 bridgehead atoms. The minimum absolute atomic E-state index is 0.359. The minimum Gasteiger partial charge on any atom is -0.468 e. The molecule has 1 heterocycles. The molecular weight excluding hydrogens is 335 g/mol. The molecule has 1 spiro atoms. The Bertz CT molecular complexity index is 401. The van der Waals surface area contributed by atoms with Crippen LogP contribution in [0.15, 0.2) is 0 Å². The molecule has 0 aromatic rings. The van der Waals surface area contributed by atoms with Crippen molar-refractivity contribution in [1.29, 1.82) is 0 Å². The molecule has 17 heavy (non-hydrogen) atoms. The van der Waals surface area contributed by atoms with Crippen molar-refractivity contribution in [2.75, 3.05) is 7.11 Å². The highest BCUT2D eigenvalue weighted by atomic mass is 127. The van der Waals surface area contributed by atoms with Crippen LogP contribution in [0.4, 0.5) is 0 Å². The Balaban J connectivity index is 1.99. The van der Waals surface area contributed by atoms with Crippen LogP contribution in [0.25, 0.3) is 0 Å². The van der Waals surface area contributed by atoms with Crippen molar-refractivity contribution in [3.63, 3.8) is 0 Å². The maximum Gasteiger partial charge on any atom is 0.325 e. The third-order valence-electron chi connectivity index (χ3n) is 4.61. The first-order valence-corrected chi connectivity index (χ1v) is 7.11. The number of hydrogen-bond donors (Lipinski definition) is 0. The maximum atomic E-state index is 12.1. The van der Waals surface area contributed by atoms with Gasteiger partial charge in [-0.25, -0.2) is 0 Å². The number of rotatable bonds is 1. The van der Waals surface area contributed by atoms with Gasteiger partial charge in [0.2, 0.25) is 0 Å². The lowest BCUT2D eigenvalue weighted by molar-refractivity contribution is -0.164. The summed E-state index contributed by atoms with van der Waals surface area (Å²) in [6.45, 7) is 0. The Labute approximate surface area is 114 Å². The van der Waals surface area contributed by atoms with Crippen molar-refractivity contribution in [1.82, 2.24) is 0 Å². The molecule has 2 aliphatic carbocycles. The summed E-state index contributed by atoms with van der Waals surface area (Å²) in [6, 6.07) is 0. The quantitative estimate of drug-likeness (QED) is 0.314. The summed E-state index contributed by atoms with van der Waals surface area (Å²) in [5.74, 6) is -0.778. The number of halogens is 1. The molecule has 5 heteroatoms. The third-order valence-corrected chi connectivity index (χ3v) is 6.90. The Morgan fingerprint density at radius 3 is 2.53 bits per heavy atom. The Morgan fingerprint density at radius 2 is 2.00 bits per heavy atom. The molecule has 3 aliphatic rings. The van der Waals surface area contributed by atoms with E-state index in [2.05, 4.69) is 22.6 Å². The summed E-state index contributed by atoms with van der Waals surface area (Å²) in [7, 11) is 1.34. The van der Waals surface area contributed by atoms with Crippen molar-refractivity contribution < 1.29 is 19.1 Å². The second-order valence-electron chi connectivity index (χ2n) is 5.32. The van der Waals surface area contributed by atoms with Crippen molar-refractivity contribution in [3.05, 3.63) is 0 Å². The fourth-order valence-electron chi connectivity index (χ4n) is 3.56. The summed E-state index contributed by atoms with van der Waals surface area (Å²) in [6.07, 6.45) is 5.72. The number of methoxy groups -OCH3 is 1. The first-order chi connectivity index (χ1) is 8.02. The zero-order valence-electron chi connectivity index (χ0n) is 9.75. The van der Waals surface area contributed by atoms with Crippen molar-refractivity contribution in [2.45, 2.75) is 47.5 Å². The van der Waals surface area contributed by atoms with Gasteiger partial charge in [-0.15, -0.1) is 0 Å². The van der Waals surface area contributed by atoms with Crippen LogP contribution in [0.3, 0.4) is 0 Å². The first kappa shape index (κ1) is 11.7. The highest BCUT2D eigenvalue weighted by molar-refractivity contribution is 14.1. The van der Waals surface area contributed by atoms with Gasteiger partial charge < -0.3 is 9.47 Å². The van der Waals surface area contributed by atoms with Gasteiger partial charge in [0.1, 0.15) is 5.60 Å². The van der Waals surface area contributed by atoms with E-state index in [9.17, 15) is 9.59 Å². The molecule has 1 aliphatic heterocycles. The van der Waals surface area contributed by atoms with Crippen LogP contribution >= 0.6 is 22.6 Å². The Kier molecular flexibility index (Phi) is 2.32. The topological polar surface area (TPSA) is 52.6 Å². The lowest BCUT2D eigenvalue weighted by Gasteiger charge is -2.37. The molecule has 0 aromatic heterocycles. The van der Waals surface area contributed by atoms with Gasteiger partial charge in [0, 0.05) is 0 Å². The molecule has 3 fully saturated rings. The number of alkyl halides is 1. The van der Waals surface area contributed by atoms with E-state index in [0.717, 1.165) is 25.7 Å². The highest BCUT2D eigenvalue weighted by Gasteiger charge is 2.89. The number of ether oxygens (including phenoxy) is 2. The van der Waals surface area contributed by atoms with Crippen molar-refractivity contribution in [3.8, 4) is 0 Å². The van der Waals surface area contributed by atoms with E-state index in [1.165, 1.54) is 13.5 Å². The molecule has 94 valence electrons. The molecule has 1 saturated heterocycles. The number of fused-ring (bicyclic) bond motifs is 2. The van der Waals surface area contributed by atoms with Crippen LogP contribution in [0.2, 0.25) is 0 Å². The number of carbonyl (C=O) groups excluding carboxylic acids is 2. The summed E-state index contributed by atoms with van der Waals surface area (Å²) in [4.78, 5) is 24.0. The van der Waals surface area contributed by atoms with Gasteiger partial charge >= 0.3 is 11.9 Å². The Hall–Kier alpha value is -0.330. The van der Waals surface area contributed by atoms with E-state index in [1.54, 1.807) is 0 Å². The van der Waals surface area contributed by atoms with Gasteiger partial charge in [0.15, 0.2) is 5.41 Å². The highest BCUT2D eigenvalue weighted by Crippen LogP contribution is 2.76. The second kappa shape index (κ2) is 3.36. The fraction of sp³-hybridized carbons (Fsp3) is 0.833. The molecule has 0 radical (unpaired) electrons. The van der Waals surface area contributed by atoms with Gasteiger partial charge in [-0.3, -0.25) is 9.59 Å². The standard InChI is InChI=1S/C12H15IO4/c1-16-8(14)11-7-12(11,13)10(17-9(11)15)5-3-2-4-6-10/h2-7H2,1H3/t11-,12+/m1/s1. The Morgan fingerprint density at radius 1 is 1.35 bits per heavy atom. The van der Waals surface area contributed by atoms with Crippen LogP contribution in [-0.2, 0) is 19.1 Å². The SMILES string of the molecule is COC(=O)[C@@]12C[C@]1(I)C1(CCCCC1)OC2=O. The lowest BCUT2D eigenvalue weighted by Crippen LogP contribution is -2.43. The minimum atomic E-state index is -1.00. The van der Waals surface area contributed by atoms with Crippen LogP contribution in [0.1, 0.15) is 38.5 Å². The zero-order valence-corrected chi connectivity index (χ0v) is 11.9. The molecule has 0 aromatic carbocycles. The normalized spacial score (nSPS) is 41.9. The van der Waals surface area contributed by atoms with Crippen LogP contribution in [-0.4, -0.2) is 28.1 Å². The summed E-state index contributed by atoms with van der Waals surface area (Å²) >= 11 is 2.27. The lowest BCUT2D eigenvalue weighted by atomic mass is 9.80. The predicted molar refractivity (Wildman–Crippen MR) is 67.7 cm³/mol. The monoisotopic (exact) mass is 350 g/mol. The van der Waals surface area contributed by atoms with E-state index in [4.69, 9.17) is 9.47 Å². The number of carbonyl (C=O) groups is 2. The van der Waals surface area contributed by atoms with Gasteiger partial charge in [0.25, 0.3) is 0 Å².